The molecule has 0 spiro atoms. The van der Waals surface area contributed by atoms with Gasteiger partial charge in [0.1, 0.15) is 0 Å². The van der Waals surface area contributed by atoms with Crippen LogP contribution in [0, 0.1) is 23.7 Å². The van der Waals surface area contributed by atoms with E-state index in [1.54, 1.807) is 11.9 Å². The van der Waals surface area contributed by atoms with Crippen LogP contribution in [0.25, 0.3) is 0 Å². The van der Waals surface area contributed by atoms with Gasteiger partial charge in [-0.25, -0.2) is 0 Å². The van der Waals surface area contributed by atoms with Gasteiger partial charge in [0.15, 0.2) is 0 Å². The second kappa shape index (κ2) is 113. The van der Waals surface area contributed by atoms with Crippen LogP contribution < -0.4 is 0 Å². The summed E-state index contributed by atoms with van der Waals surface area (Å²) >= 11 is 0. The summed E-state index contributed by atoms with van der Waals surface area (Å²) in [6, 6.07) is 1.14. The molecule has 0 heterocycles. The van der Waals surface area contributed by atoms with Gasteiger partial charge in [-0.05, 0) is 198 Å². The van der Waals surface area contributed by atoms with Gasteiger partial charge in [-0.15, -0.1) is 0 Å². The first-order chi connectivity index (χ1) is 67.0. The number of carbonyl (C=O) groups excluding carboxylic acids is 5. The number of aliphatic hydroxyl groups is 2. The van der Waals surface area contributed by atoms with Gasteiger partial charge in [0.25, 0.3) is 0 Å². The van der Waals surface area contributed by atoms with Crippen molar-refractivity contribution in [2.75, 3.05) is 79.4 Å². The highest BCUT2D eigenvalue weighted by Gasteiger charge is 2.23. The molecule has 4 unspecified atom stereocenters. The third-order valence-electron chi connectivity index (χ3n) is 29.0. The third kappa shape index (κ3) is 101. The second-order valence-corrected chi connectivity index (χ2v) is 42.3. The Morgan fingerprint density at radius 2 is 0.394 bits per heavy atom. The molecule has 0 aliphatic heterocycles. The predicted octanol–water partition coefficient (Wildman–Crippen LogP) is 35.2. The number of nitrogens with zero attached hydrogens (tertiary/aromatic N) is 3. The van der Waals surface area contributed by atoms with Crippen molar-refractivity contribution >= 4 is 35.8 Å². The quantitative estimate of drug-likeness (QED) is 0.0294. The molecule has 0 saturated heterocycles. The summed E-state index contributed by atoms with van der Waals surface area (Å²) in [5, 5.41) is 26.7. The minimum Gasteiger partial charge on any atom is -0.481 e. The zero-order chi connectivity index (χ0) is 101. The minimum atomic E-state index is -0.683. The number of carboxylic acid groups (broad SMARTS) is 1. The molecule has 0 fully saturated rings. The summed E-state index contributed by atoms with van der Waals surface area (Å²) in [7, 11) is 1.80. The summed E-state index contributed by atoms with van der Waals surface area (Å²) in [5.41, 5.74) is 0. The average molecular weight is 1940 g/mol. The molecule has 0 aromatic heterocycles. The Balaban J connectivity index is -0.00000250. The van der Waals surface area contributed by atoms with Gasteiger partial charge in [0, 0.05) is 70.8 Å². The van der Waals surface area contributed by atoms with Crippen molar-refractivity contribution in [2.24, 2.45) is 23.7 Å². The van der Waals surface area contributed by atoms with Gasteiger partial charge in [0.2, 0.25) is 5.91 Å². The first-order valence-electron chi connectivity index (χ1n) is 60.8. The number of rotatable bonds is 108. The Morgan fingerprint density at radius 3 is 0.620 bits per heavy atom. The monoisotopic (exact) mass is 1940 g/mol. The van der Waals surface area contributed by atoms with E-state index in [1.807, 2.05) is 0 Å². The molecule has 3 N–H and O–H groups in total. The maximum Gasteiger partial charge on any atom is 0.305 e. The van der Waals surface area contributed by atoms with E-state index in [2.05, 4.69) is 86.0 Å². The fourth-order valence-electron chi connectivity index (χ4n) is 19.5. The van der Waals surface area contributed by atoms with Gasteiger partial charge >= 0.3 is 29.8 Å². The number of aliphatic carboxylic acids is 1. The lowest BCUT2D eigenvalue weighted by Gasteiger charge is -2.32. The van der Waals surface area contributed by atoms with Crippen molar-refractivity contribution in [3.05, 3.63) is 0 Å². The van der Waals surface area contributed by atoms with E-state index < -0.39 is 5.97 Å². The number of hydrogen-bond donors (Lipinski definition) is 3. The maximum absolute atomic E-state index is 12.7. The summed E-state index contributed by atoms with van der Waals surface area (Å²) in [5.74, 6) is 1.55. The summed E-state index contributed by atoms with van der Waals surface area (Å²) in [6.45, 7) is 32.2. The van der Waals surface area contributed by atoms with E-state index in [4.69, 9.17) is 24.1 Å². The normalized spacial score (nSPS) is 12.8. The Kier molecular flexibility index (Phi) is 114. The molecular formula is C121H239N3O13. The first-order valence-corrected chi connectivity index (χ1v) is 60.8. The first kappa shape index (κ1) is 138. The number of likely N-dealkylation sites (N-methyl/N-ethyl adjacent to an activating group) is 1. The summed E-state index contributed by atoms with van der Waals surface area (Å²) < 4.78 is 23.2. The van der Waals surface area contributed by atoms with E-state index in [0.717, 1.165) is 116 Å². The molecule has 0 aliphatic carbocycles. The number of aliphatic hydroxyl groups excluding tert-OH is 2. The molecule has 16 nitrogen and oxygen atoms in total. The molecule has 0 bridgehead atoms. The van der Waals surface area contributed by atoms with Crippen molar-refractivity contribution in [1.82, 2.24) is 14.7 Å². The van der Waals surface area contributed by atoms with Crippen LogP contribution in [-0.4, -0.2) is 157 Å². The molecule has 0 aromatic rings. The molecule has 0 rings (SSSR count). The van der Waals surface area contributed by atoms with Crippen LogP contribution in [0.15, 0.2) is 0 Å². The highest BCUT2D eigenvalue weighted by atomic mass is 16.5. The van der Waals surface area contributed by atoms with Gasteiger partial charge in [-0.3, -0.25) is 28.8 Å². The topological polar surface area (TPSA) is 210 Å². The number of esters is 4. The van der Waals surface area contributed by atoms with Gasteiger partial charge < -0.3 is 49.0 Å². The van der Waals surface area contributed by atoms with Gasteiger partial charge in [0.05, 0.1) is 33.0 Å². The Hall–Kier alpha value is -3.34. The Labute approximate surface area is 852 Å². The van der Waals surface area contributed by atoms with E-state index in [1.165, 1.54) is 424 Å². The maximum atomic E-state index is 12.7. The zero-order valence-electron chi connectivity index (χ0n) is 93.8. The molecule has 0 aliphatic rings. The van der Waals surface area contributed by atoms with Crippen LogP contribution in [0.5, 0.6) is 0 Å². The highest BCUT2D eigenvalue weighted by Crippen LogP contribution is 2.29. The van der Waals surface area contributed by atoms with Crippen molar-refractivity contribution in [1.29, 1.82) is 0 Å². The molecule has 0 saturated carbocycles. The number of amides is 1. The number of carbonyl (C=O) groups is 6. The lowest BCUT2D eigenvalue weighted by atomic mass is 9.96. The van der Waals surface area contributed by atoms with E-state index in [-0.39, 0.29) is 42.8 Å². The molecule has 816 valence electrons. The third-order valence-corrected chi connectivity index (χ3v) is 29.0. The highest BCUT2D eigenvalue weighted by molar-refractivity contribution is 5.75. The van der Waals surface area contributed by atoms with Crippen LogP contribution in [0.4, 0.5) is 0 Å². The largest absolute Gasteiger partial charge is 0.481 e. The summed E-state index contributed by atoms with van der Waals surface area (Å²) in [6.07, 6.45) is 99.4. The van der Waals surface area contributed by atoms with Crippen molar-refractivity contribution in [3.63, 3.8) is 0 Å². The molecule has 0 radical (unpaired) electrons. The lowest BCUT2D eigenvalue weighted by molar-refractivity contribution is -0.146. The van der Waals surface area contributed by atoms with Crippen LogP contribution in [0.3, 0.4) is 0 Å². The smallest absolute Gasteiger partial charge is 0.305 e. The van der Waals surface area contributed by atoms with Gasteiger partial charge in [-0.1, -0.05) is 442 Å². The Morgan fingerprint density at radius 1 is 0.204 bits per heavy atom. The standard InChI is InChI=1S/C60H118N2O6.C57H111NO6.C4H10O/c1-7-12-17-20-25-30-38-49-62(50-39-37-46-58(64)61(6)51-52-63)57(44-33-26-21-23-28-35-47-59(65)67-53-55(40-15-10-4)42-31-18-13-8-2)45-34-27-22-24-29-36-48-60(66)68-54-56(41-16-11-5)43-32-19-14-9-3;1-6-11-16-19-24-29-37-48-58(49-38-36-45-55(59)60)54(43-32-25-20-22-27-34-46-56(61)63-50-52(39-14-9-4)41-30-17-12-7-2)44-33-26-21-23-28-35-47-57(62)64-51-53(40-15-10-5)42-31-18-13-8-3;1-2-3-4-5/h55-57,63H,7-54H2,1-6H3;52-54H,6-51H2,1-5H3,(H,59,60);5H,2-4H2,1H3. The molecule has 137 heavy (non-hydrogen) atoms. The molecule has 4 atom stereocenters. The fourth-order valence-corrected chi connectivity index (χ4v) is 19.5. The lowest BCUT2D eigenvalue weighted by Crippen LogP contribution is -2.37. The van der Waals surface area contributed by atoms with Crippen LogP contribution >= 0.6 is 0 Å². The molecular weight excluding hydrogens is 1700 g/mol. The van der Waals surface area contributed by atoms with E-state index in [0.29, 0.717) is 107 Å². The van der Waals surface area contributed by atoms with Crippen LogP contribution in [0.2, 0.25) is 0 Å². The molecule has 16 heteroatoms. The van der Waals surface area contributed by atoms with Crippen molar-refractivity contribution in [2.45, 2.75) is 640 Å². The van der Waals surface area contributed by atoms with Crippen molar-refractivity contribution in [3.8, 4) is 0 Å². The van der Waals surface area contributed by atoms with Crippen molar-refractivity contribution < 1.29 is 63.0 Å². The zero-order valence-corrected chi connectivity index (χ0v) is 93.8. The van der Waals surface area contributed by atoms with E-state index in [9.17, 15) is 39.0 Å². The van der Waals surface area contributed by atoms with Crippen LogP contribution in [0.1, 0.15) is 628 Å². The molecule has 1 amide bonds. The van der Waals surface area contributed by atoms with Crippen LogP contribution in [-0.2, 0) is 47.7 Å². The fraction of sp³-hybridized carbons (Fsp3) is 0.950. The number of carboxylic acids is 1. The van der Waals surface area contributed by atoms with Gasteiger partial charge in [-0.2, -0.15) is 0 Å². The number of unbranched alkanes of at least 4 members (excludes halogenated alkanes) is 51. The predicted molar refractivity (Wildman–Crippen MR) is 587 cm³/mol. The van der Waals surface area contributed by atoms with E-state index >= 15 is 0 Å². The minimum absolute atomic E-state index is 0.0000563. The second-order valence-electron chi connectivity index (χ2n) is 42.3. The number of hydrogen-bond acceptors (Lipinski definition) is 14. The average Bonchev–Trinajstić information content (AvgIpc) is 0.907. The summed E-state index contributed by atoms with van der Waals surface area (Å²) in [4.78, 5) is 81.6. The number of ether oxygens (including phenoxy) is 4. The Bertz CT molecular complexity index is 2360. The molecule has 0 aromatic carbocycles. The SMILES string of the molecule is CCCCCCCCCN(CCCCC(=O)N(C)CCO)C(CCCCCCCCC(=O)OCC(CCCC)CCCCCC)CCCCCCCCC(=O)OCC(CCCC)CCCCCC.CCCCCCCCCN(CCCCC(=O)O)C(CCCCCCCCC(=O)OCC(CCCC)CCCCCC)CCCCCCCCC(=O)OCC(CCCC)CCCCCC.CCCCO.